The lowest BCUT2D eigenvalue weighted by atomic mass is 9.95. The van der Waals surface area contributed by atoms with Crippen molar-refractivity contribution in [3.8, 4) is 0 Å². The first-order valence-electron chi connectivity index (χ1n) is 9.06. The van der Waals surface area contributed by atoms with Crippen molar-refractivity contribution in [2.75, 3.05) is 13.1 Å². The number of piperidine rings is 1. The number of nitrogens with zero attached hydrogens (tertiary/aromatic N) is 1. The Hall–Kier alpha value is -2.76. The number of amides is 2. The summed E-state index contributed by atoms with van der Waals surface area (Å²) in [6.07, 6.45) is 1.20. The number of hydrogen-bond donors (Lipinski definition) is 1. The molecule has 0 atom stereocenters. The van der Waals surface area contributed by atoms with Crippen molar-refractivity contribution >= 4 is 11.8 Å². The van der Waals surface area contributed by atoms with Crippen LogP contribution in [-0.4, -0.2) is 29.8 Å². The normalized spacial score (nSPS) is 14.8. The molecule has 2 amide bonds. The van der Waals surface area contributed by atoms with E-state index >= 15 is 0 Å². The van der Waals surface area contributed by atoms with E-state index in [4.69, 9.17) is 0 Å². The van der Waals surface area contributed by atoms with E-state index in [1.165, 1.54) is 18.2 Å². The predicted octanol–water partition coefficient (Wildman–Crippen LogP) is 3.06. The summed E-state index contributed by atoms with van der Waals surface area (Å²) < 4.78 is 26.6. The molecule has 0 bridgehead atoms. The Balaban J connectivity index is 1.45. The van der Waals surface area contributed by atoms with Gasteiger partial charge in [-0.3, -0.25) is 9.59 Å². The maximum absolute atomic E-state index is 13.7. The zero-order valence-electron chi connectivity index (χ0n) is 15.0. The molecule has 2 aromatic rings. The summed E-state index contributed by atoms with van der Waals surface area (Å²) in [4.78, 5) is 26.4. The molecule has 1 heterocycles. The summed E-state index contributed by atoms with van der Waals surface area (Å²) in [6.45, 7) is 1.33. The van der Waals surface area contributed by atoms with Crippen LogP contribution in [0.15, 0.2) is 48.5 Å². The highest BCUT2D eigenvalue weighted by Crippen LogP contribution is 2.19. The molecule has 142 valence electrons. The summed E-state index contributed by atoms with van der Waals surface area (Å²) in [5, 5.41) is 2.87. The van der Waals surface area contributed by atoms with Gasteiger partial charge in [-0.2, -0.15) is 0 Å². The zero-order valence-corrected chi connectivity index (χ0v) is 15.0. The third-order valence-corrected chi connectivity index (χ3v) is 4.90. The maximum atomic E-state index is 13.7. The van der Waals surface area contributed by atoms with E-state index in [-0.39, 0.29) is 35.8 Å². The molecule has 0 aliphatic carbocycles. The first-order chi connectivity index (χ1) is 13.0. The fourth-order valence-corrected chi connectivity index (χ4v) is 3.24. The molecular formula is C21H22F2N2O2. The van der Waals surface area contributed by atoms with Gasteiger partial charge in [0.1, 0.15) is 11.6 Å². The summed E-state index contributed by atoms with van der Waals surface area (Å²) in [6, 6.07) is 12.3. The highest BCUT2D eigenvalue weighted by Gasteiger charge is 2.27. The Morgan fingerprint density at radius 2 is 1.67 bits per heavy atom. The van der Waals surface area contributed by atoms with Gasteiger partial charge in [0.15, 0.2) is 0 Å². The molecule has 2 aromatic carbocycles. The molecule has 0 spiro atoms. The second kappa shape index (κ2) is 8.75. The third kappa shape index (κ3) is 5.12. The standard InChI is InChI=1S/C21H22F2N2O2/c22-18-7-5-15(6-8-18)14-24-21(27)16-9-11-25(12-10-16)20(26)13-17-3-1-2-4-19(17)23/h1-8,16H,9-14H2,(H,24,27). The Kier molecular flexibility index (Phi) is 6.16. The van der Waals surface area contributed by atoms with E-state index in [0.29, 0.717) is 38.0 Å². The van der Waals surface area contributed by atoms with Gasteiger partial charge in [0, 0.05) is 25.6 Å². The van der Waals surface area contributed by atoms with Gasteiger partial charge in [-0.25, -0.2) is 8.78 Å². The third-order valence-electron chi connectivity index (χ3n) is 4.90. The first kappa shape index (κ1) is 19.0. The lowest BCUT2D eigenvalue weighted by molar-refractivity contribution is -0.135. The summed E-state index contributed by atoms with van der Waals surface area (Å²) in [5.74, 6) is -1.01. The van der Waals surface area contributed by atoms with Gasteiger partial charge in [-0.05, 0) is 42.2 Å². The summed E-state index contributed by atoms with van der Waals surface area (Å²) in [5.41, 5.74) is 1.23. The molecule has 1 fully saturated rings. The van der Waals surface area contributed by atoms with Crippen LogP contribution in [0, 0.1) is 17.6 Å². The van der Waals surface area contributed by atoms with Gasteiger partial charge in [0.05, 0.1) is 6.42 Å². The minimum Gasteiger partial charge on any atom is -0.352 e. The van der Waals surface area contributed by atoms with Crippen molar-refractivity contribution in [1.29, 1.82) is 0 Å². The van der Waals surface area contributed by atoms with Gasteiger partial charge in [0.2, 0.25) is 11.8 Å². The van der Waals surface area contributed by atoms with Gasteiger partial charge < -0.3 is 10.2 Å². The van der Waals surface area contributed by atoms with Crippen molar-refractivity contribution < 1.29 is 18.4 Å². The molecule has 0 saturated carbocycles. The summed E-state index contributed by atoms with van der Waals surface area (Å²) >= 11 is 0. The van der Waals surface area contributed by atoms with Crippen molar-refractivity contribution in [3.05, 3.63) is 71.3 Å². The average molecular weight is 372 g/mol. The molecule has 1 aliphatic rings. The SMILES string of the molecule is O=C(NCc1ccc(F)cc1)C1CCN(C(=O)Cc2ccccc2F)CC1. The van der Waals surface area contributed by atoms with Crippen LogP contribution >= 0.6 is 0 Å². The highest BCUT2D eigenvalue weighted by molar-refractivity contribution is 5.81. The fourth-order valence-electron chi connectivity index (χ4n) is 3.24. The zero-order chi connectivity index (χ0) is 19.2. The van der Waals surface area contributed by atoms with Gasteiger partial charge >= 0.3 is 0 Å². The predicted molar refractivity (Wildman–Crippen MR) is 97.7 cm³/mol. The average Bonchev–Trinajstić information content (AvgIpc) is 2.69. The number of nitrogens with one attached hydrogen (secondary N) is 1. The highest BCUT2D eigenvalue weighted by atomic mass is 19.1. The monoisotopic (exact) mass is 372 g/mol. The molecule has 3 rings (SSSR count). The van der Waals surface area contributed by atoms with Crippen LogP contribution in [0.4, 0.5) is 8.78 Å². The van der Waals surface area contributed by atoms with Crippen LogP contribution in [0.1, 0.15) is 24.0 Å². The minimum absolute atomic E-state index is 0.0358. The number of benzene rings is 2. The molecular weight excluding hydrogens is 350 g/mol. The fraction of sp³-hybridized carbons (Fsp3) is 0.333. The number of likely N-dealkylation sites (tertiary alicyclic amines) is 1. The second-order valence-electron chi connectivity index (χ2n) is 6.77. The number of carbonyl (C=O) groups is 2. The van der Waals surface area contributed by atoms with Gasteiger partial charge in [-0.1, -0.05) is 30.3 Å². The van der Waals surface area contributed by atoms with Crippen molar-refractivity contribution in [1.82, 2.24) is 10.2 Å². The van der Waals surface area contributed by atoms with Crippen LogP contribution in [-0.2, 0) is 22.6 Å². The largest absolute Gasteiger partial charge is 0.352 e. The summed E-state index contributed by atoms with van der Waals surface area (Å²) in [7, 11) is 0. The number of hydrogen-bond acceptors (Lipinski definition) is 2. The van der Waals surface area contributed by atoms with Crippen molar-refractivity contribution in [3.63, 3.8) is 0 Å². The molecule has 0 unspecified atom stereocenters. The van der Waals surface area contributed by atoms with Crippen LogP contribution in [0.2, 0.25) is 0 Å². The van der Waals surface area contributed by atoms with Crippen molar-refractivity contribution in [2.45, 2.75) is 25.8 Å². The van der Waals surface area contributed by atoms with E-state index in [1.807, 2.05) is 0 Å². The number of halogens is 2. The lowest BCUT2D eigenvalue weighted by Gasteiger charge is -2.31. The minimum atomic E-state index is -0.374. The van der Waals surface area contributed by atoms with Crippen LogP contribution < -0.4 is 5.32 Å². The lowest BCUT2D eigenvalue weighted by Crippen LogP contribution is -2.43. The van der Waals surface area contributed by atoms with E-state index < -0.39 is 0 Å². The van der Waals surface area contributed by atoms with E-state index in [9.17, 15) is 18.4 Å². The Morgan fingerprint density at radius 3 is 2.33 bits per heavy atom. The van der Waals surface area contributed by atoms with Gasteiger partial charge in [-0.15, -0.1) is 0 Å². The van der Waals surface area contributed by atoms with E-state index in [0.717, 1.165) is 5.56 Å². The van der Waals surface area contributed by atoms with Crippen molar-refractivity contribution in [2.24, 2.45) is 5.92 Å². The Morgan fingerprint density at radius 1 is 1.00 bits per heavy atom. The van der Waals surface area contributed by atoms with Gasteiger partial charge in [0.25, 0.3) is 0 Å². The molecule has 1 N–H and O–H groups in total. The molecule has 1 aliphatic heterocycles. The maximum Gasteiger partial charge on any atom is 0.227 e. The topological polar surface area (TPSA) is 49.4 Å². The smallest absolute Gasteiger partial charge is 0.227 e. The molecule has 0 aromatic heterocycles. The molecule has 1 saturated heterocycles. The Labute approximate surface area is 157 Å². The Bertz CT molecular complexity index is 800. The second-order valence-corrected chi connectivity index (χ2v) is 6.77. The van der Waals surface area contributed by atoms with E-state index in [1.54, 1.807) is 35.2 Å². The number of carbonyl (C=O) groups excluding carboxylic acids is 2. The quantitative estimate of drug-likeness (QED) is 0.877. The van der Waals surface area contributed by atoms with Crippen LogP contribution in [0.5, 0.6) is 0 Å². The first-order valence-corrected chi connectivity index (χ1v) is 9.06. The van der Waals surface area contributed by atoms with Crippen LogP contribution in [0.25, 0.3) is 0 Å². The number of rotatable bonds is 5. The molecule has 27 heavy (non-hydrogen) atoms. The molecule has 4 nitrogen and oxygen atoms in total. The van der Waals surface area contributed by atoms with E-state index in [2.05, 4.69) is 5.32 Å². The van der Waals surface area contributed by atoms with Crippen LogP contribution in [0.3, 0.4) is 0 Å². The molecule has 0 radical (unpaired) electrons. The molecule has 6 heteroatoms.